The standard InChI is InChI=1S/C25H29NO5/c1-6-16-7-9-17(10-8-16)23-22(19(27)13-15(2)3)24(28)25(29)26(23)18-11-12-20(30-4)21(14-18)31-5/h7-12,14-15,23,28H,6,13H2,1-5H3. The molecule has 0 bridgehead atoms. The second kappa shape index (κ2) is 9.25. The molecule has 1 aliphatic rings. The molecule has 1 unspecified atom stereocenters. The molecule has 3 rings (SSSR count). The molecule has 164 valence electrons. The van der Waals surface area contributed by atoms with E-state index >= 15 is 0 Å². The molecule has 31 heavy (non-hydrogen) atoms. The first-order valence-corrected chi connectivity index (χ1v) is 10.4. The second-order valence-corrected chi connectivity index (χ2v) is 8.00. The average molecular weight is 424 g/mol. The molecule has 1 heterocycles. The van der Waals surface area contributed by atoms with Crippen molar-refractivity contribution in [3.63, 3.8) is 0 Å². The van der Waals surface area contributed by atoms with Gasteiger partial charge in [0.1, 0.15) is 0 Å². The largest absolute Gasteiger partial charge is 0.503 e. The van der Waals surface area contributed by atoms with Crippen molar-refractivity contribution in [1.82, 2.24) is 0 Å². The van der Waals surface area contributed by atoms with Crippen LogP contribution in [0.25, 0.3) is 0 Å². The Morgan fingerprint density at radius 3 is 2.26 bits per heavy atom. The van der Waals surface area contributed by atoms with Gasteiger partial charge in [-0.05, 0) is 35.6 Å². The van der Waals surface area contributed by atoms with Gasteiger partial charge in [-0.1, -0.05) is 45.0 Å². The summed E-state index contributed by atoms with van der Waals surface area (Å²) >= 11 is 0. The summed E-state index contributed by atoms with van der Waals surface area (Å²) in [5.41, 5.74) is 2.55. The molecule has 0 aliphatic carbocycles. The van der Waals surface area contributed by atoms with E-state index in [1.165, 1.54) is 19.1 Å². The second-order valence-electron chi connectivity index (χ2n) is 8.00. The van der Waals surface area contributed by atoms with Crippen molar-refractivity contribution < 1.29 is 24.2 Å². The zero-order valence-electron chi connectivity index (χ0n) is 18.6. The summed E-state index contributed by atoms with van der Waals surface area (Å²) < 4.78 is 10.7. The van der Waals surface area contributed by atoms with Crippen molar-refractivity contribution in [2.24, 2.45) is 5.92 Å². The van der Waals surface area contributed by atoms with E-state index in [0.29, 0.717) is 17.2 Å². The zero-order chi connectivity index (χ0) is 22.7. The van der Waals surface area contributed by atoms with Crippen LogP contribution in [-0.4, -0.2) is 31.0 Å². The van der Waals surface area contributed by atoms with Gasteiger partial charge >= 0.3 is 0 Å². The van der Waals surface area contributed by atoms with E-state index in [1.54, 1.807) is 18.2 Å². The normalized spacial score (nSPS) is 16.3. The summed E-state index contributed by atoms with van der Waals surface area (Å²) in [7, 11) is 3.05. The predicted octanol–water partition coefficient (Wildman–Crippen LogP) is 4.78. The van der Waals surface area contributed by atoms with Gasteiger partial charge in [0.2, 0.25) is 0 Å². The molecule has 6 nitrogen and oxygen atoms in total. The summed E-state index contributed by atoms with van der Waals surface area (Å²) in [6.07, 6.45) is 1.12. The lowest BCUT2D eigenvalue weighted by atomic mass is 9.91. The molecule has 6 heteroatoms. The van der Waals surface area contributed by atoms with Crippen LogP contribution in [0.4, 0.5) is 5.69 Å². The number of amides is 1. The number of hydrogen-bond donors (Lipinski definition) is 1. The Kier molecular flexibility index (Phi) is 6.68. The van der Waals surface area contributed by atoms with Gasteiger partial charge in [-0.2, -0.15) is 0 Å². The number of aliphatic hydroxyl groups excluding tert-OH is 1. The molecule has 0 radical (unpaired) electrons. The molecule has 1 atom stereocenters. The number of rotatable bonds is 8. The van der Waals surface area contributed by atoms with E-state index in [1.807, 2.05) is 38.1 Å². The van der Waals surface area contributed by atoms with Gasteiger partial charge in [-0.25, -0.2) is 0 Å². The molecule has 1 N–H and O–H groups in total. The molecule has 2 aromatic carbocycles. The zero-order valence-corrected chi connectivity index (χ0v) is 18.6. The van der Waals surface area contributed by atoms with Gasteiger partial charge in [0.25, 0.3) is 5.91 Å². The summed E-state index contributed by atoms with van der Waals surface area (Å²) in [6, 6.07) is 12.1. The topological polar surface area (TPSA) is 76.1 Å². The number of aliphatic hydroxyl groups is 1. The molecule has 2 aromatic rings. The van der Waals surface area contributed by atoms with Crippen molar-refractivity contribution in [1.29, 1.82) is 0 Å². The maximum Gasteiger partial charge on any atom is 0.294 e. The molecule has 0 fully saturated rings. The van der Waals surface area contributed by atoms with Crippen molar-refractivity contribution in [3.05, 3.63) is 64.9 Å². The van der Waals surface area contributed by atoms with Gasteiger partial charge < -0.3 is 14.6 Å². The molecule has 1 aliphatic heterocycles. The number of anilines is 1. The third kappa shape index (κ3) is 4.29. The maximum atomic E-state index is 13.2. The minimum atomic E-state index is -0.720. The van der Waals surface area contributed by atoms with E-state index in [0.717, 1.165) is 17.5 Å². The fourth-order valence-corrected chi connectivity index (χ4v) is 3.86. The maximum absolute atomic E-state index is 13.2. The van der Waals surface area contributed by atoms with Gasteiger partial charge in [0, 0.05) is 18.2 Å². The Bertz CT molecular complexity index is 1010. The number of carbonyl (C=O) groups is 2. The van der Waals surface area contributed by atoms with Crippen LogP contribution in [0.1, 0.15) is 44.4 Å². The Balaban J connectivity index is 2.15. The molecular formula is C25H29NO5. The molecule has 0 saturated carbocycles. The highest BCUT2D eigenvalue weighted by Crippen LogP contribution is 2.43. The third-order valence-electron chi connectivity index (χ3n) is 5.45. The quantitative estimate of drug-likeness (QED) is 0.661. The molecule has 0 aromatic heterocycles. The first kappa shape index (κ1) is 22.4. The van der Waals surface area contributed by atoms with Crippen LogP contribution in [0.2, 0.25) is 0 Å². The molecule has 1 amide bonds. The van der Waals surface area contributed by atoms with Crippen molar-refractivity contribution in [2.45, 2.75) is 39.7 Å². The number of methoxy groups -OCH3 is 2. The number of aryl methyl sites for hydroxylation is 1. The van der Waals surface area contributed by atoms with Crippen LogP contribution in [0.5, 0.6) is 11.5 Å². The summed E-state index contributed by atoms with van der Waals surface area (Å²) in [6.45, 7) is 5.93. The van der Waals surface area contributed by atoms with E-state index < -0.39 is 17.7 Å². The van der Waals surface area contributed by atoms with Gasteiger partial charge in [0.15, 0.2) is 23.0 Å². The Labute approximate surface area is 183 Å². The average Bonchev–Trinajstić information content (AvgIpc) is 3.03. The summed E-state index contributed by atoms with van der Waals surface area (Å²) in [4.78, 5) is 27.7. The third-order valence-corrected chi connectivity index (χ3v) is 5.45. The number of hydrogen-bond acceptors (Lipinski definition) is 5. The van der Waals surface area contributed by atoms with E-state index in [-0.39, 0.29) is 23.7 Å². The highest BCUT2D eigenvalue weighted by Gasteiger charge is 2.44. The molecule has 0 saturated heterocycles. The Hall–Kier alpha value is -3.28. The van der Waals surface area contributed by atoms with Crippen LogP contribution in [0, 0.1) is 5.92 Å². The first-order valence-electron chi connectivity index (χ1n) is 10.4. The summed E-state index contributed by atoms with van der Waals surface area (Å²) in [5, 5.41) is 10.7. The van der Waals surface area contributed by atoms with E-state index in [9.17, 15) is 14.7 Å². The van der Waals surface area contributed by atoms with E-state index in [4.69, 9.17) is 9.47 Å². The van der Waals surface area contributed by atoms with Crippen LogP contribution < -0.4 is 14.4 Å². The number of benzene rings is 2. The number of ether oxygens (including phenoxy) is 2. The van der Waals surface area contributed by atoms with Gasteiger partial charge in [-0.3, -0.25) is 14.5 Å². The van der Waals surface area contributed by atoms with E-state index in [2.05, 4.69) is 6.92 Å². The monoisotopic (exact) mass is 423 g/mol. The van der Waals surface area contributed by atoms with Crippen molar-refractivity contribution in [2.75, 3.05) is 19.1 Å². The minimum absolute atomic E-state index is 0.0983. The predicted molar refractivity (Wildman–Crippen MR) is 120 cm³/mol. The lowest BCUT2D eigenvalue weighted by Gasteiger charge is -2.28. The highest BCUT2D eigenvalue weighted by atomic mass is 16.5. The fourth-order valence-electron chi connectivity index (χ4n) is 3.86. The lowest BCUT2D eigenvalue weighted by molar-refractivity contribution is -0.118. The number of carbonyl (C=O) groups excluding carboxylic acids is 2. The lowest BCUT2D eigenvalue weighted by Crippen LogP contribution is -2.31. The SMILES string of the molecule is CCc1ccc(C2C(C(=O)CC(C)C)=C(O)C(=O)N2c2ccc(OC)c(OC)c2)cc1. The Morgan fingerprint density at radius 1 is 1.06 bits per heavy atom. The number of ketones is 1. The van der Waals surface area contributed by atoms with Gasteiger partial charge in [0.05, 0.1) is 25.8 Å². The molecular weight excluding hydrogens is 394 g/mol. The van der Waals surface area contributed by atoms with Crippen LogP contribution in [0.3, 0.4) is 0 Å². The van der Waals surface area contributed by atoms with Crippen LogP contribution in [0.15, 0.2) is 53.8 Å². The Morgan fingerprint density at radius 2 is 1.71 bits per heavy atom. The van der Waals surface area contributed by atoms with Gasteiger partial charge in [-0.15, -0.1) is 0 Å². The van der Waals surface area contributed by atoms with Crippen LogP contribution >= 0.6 is 0 Å². The minimum Gasteiger partial charge on any atom is -0.503 e. The van der Waals surface area contributed by atoms with Crippen molar-refractivity contribution in [3.8, 4) is 11.5 Å². The fraction of sp³-hybridized carbons (Fsp3) is 0.360. The number of Topliss-reactive ketones (excluding diaryl/α,β-unsaturated/α-hetero) is 1. The smallest absolute Gasteiger partial charge is 0.294 e. The van der Waals surface area contributed by atoms with Crippen molar-refractivity contribution >= 4 is 17.4 Å². The van der Waals surface area contributed by atoms with Crippen LogP contribution in [-0.2, 0) is 16.0 Å². The highest BCUT2D eigenvalue weighted by molar-refractivity contribution is 6.16. The first-order chi connectivity index (χ1) is 14.8. The molecule has 0 spiro atoms. The summed E-state index contributed by atoms with van der Waals surface area (Å²) in [5.74, 6) is -0.257. The number of nitrogens with zero attached hydrogens (tertiary/aromatic N) is 1.